The van der Waals surface area contributed by atoms with Gasteiger partial charge in [-0.1, -0.05) is 35.9 Å². The number of nitrogens with two attached hydrogens (primary N) is 1. The molecule has 3 N–H and O–H groups in total. The van der Waals surface area contributed by atoms with Crippen LogP contribution >= 0.6 is 11.6 Å². The lowest BCUT2D eigenvalue weighted by Gasteiger charge is -2.37. The number of nitrogens with one attached hydrogen (secondary N) is 1. The molecule has 1 aliphatic heterocycles. The normalized spacial score (nSPS) is 15.6. The molecule has 2 aromatic carbocycles. The molecule has 208 valence electrons. The lowest BCUT2D eigenvalue weighted by atomic mass is 10.0. The van der Waals surface area contributed by atoms with Crippen LogP contribution in [-0.2, 0) is 9.53 Å². The summed E-state index contributed by atoms with van der Waals surface area (Å²) in [6.45, 7) is 4.75. The van der Waals surface area contributed by atoms with E-state index in [1.807, 2.05) is 36.1 Å². The summed E-state index contributed by atoms with van der Waals surface area (Å²) in [5, 5.41) is 4.64. The van der Waals surface area contributed by atoms with Crippen LogP contribution in [0.15, 0.2) is 61.1 Å². The van der Waals surface area contributed by atoms with Crippen molar-refractivity contribution in [1.82, 2.24) is 19.9 Å². The molecule has 1 fully saturated rings. The van der Waals surface area contributed by atoms with E-state index in [-0.39, 0.29) is 24.4 Å². The van der Waals surface area contributed by atoms with Crippen LogP contribution in [0.25, 0.3) is 22.0 Å². The van der Waals surface area contributed by atoms with Crippen molar-refractivity contribution >= 4 is 40.1 Å². The number of carbonyl (C=O) groups excluding carboxylic acids is 1. The van der Waals surface area contributed by atoms with Gasteiger partial charge in [0.2, 0.25) is 5.95 Å². The molecule has 0 radical (unpaired) electrons. The van der Waals surface area contributed by atoms with Crippen LogP contribution in [0.2, 0.25) is 5.02 Å². The summed E-state index contributed by atoms with van der Waals surface area (Å²) in [5.41, 5.74) is 9.53. The highest BCUT2D eigenvalue weighted by molar-refractivity contribution is 6.34. The first kappa shape index (κ1) is 27.7. The van der Waals surface area contributed by atoms with E-state index in [2.05, 4.69) is 25.2 Å². The Kier molecular flexibility index (Phi) is 8.39. The van der Waals surface area contributed by atoms with Crippen molar-refractivity contribution in [3.05, 3.63) is 77.5 Å². The molecule has 0 bridgehead atoms. The molecule has 0 unspecified atom stereocenters. The maximum atomic E-state index is 14.4. The number of ether oxygens (including phenoxy) is 1. The first-order chi connectivity index (χ1) is 19.4. The quantitative estimate of drug-likeness (QED) is 0.304. The largest absolute Gasteiger partial charge is 0.468 e. The van der Waals surface area contributed by atoms with Gasteiger partial charge in [0.25, 0.3) is 0 Å². The maximum Gasteiger partial charge on any atom is 0.324 e. The van der Waals surface area contributed by atoms with Crippen LogP contribution in [0, 0.1) is 5.82 Å². The fourth-order valence-electron chi connectivity index (χ4n) is 5.01. The lowest BCUT2D eigenvalue weighted by Crippen LogP contribution is -2.55. The standard InChI is InChI=1S/C29H31ClFN7O2/c1-18(21-5-3-4-6-24(21)31)36-27-22-13-19(7-8-25(22)33-17-23(27)30)20-15-34-29(35-16-20)38-11-9-37(10-12-38)26(14-32)28(39)40-2/h3-8,13,15-18,26H,9-12,14,32H2,1-2H3,(H,33,36)/t18-,26+/m1/s1. The number of fused-ring (bicyclic) bond motifs is 1. The van der Waals surface area contributed by atoms with Gasteiger partial charge < -0.3 is 20.7 Å². The number of anilines is 2. The van der Waals surface area contributed by atoms with Crippen LogP contribution in [0.1, 0.15) is 18.5 Å². The molecule has 4 aromatic rings. The van der Waals surface area contributed by atoms with Crippen molar-refractivity contribution in [2.45, 2.75) is 19.0 Å². The molecule has 1 saturated heterocycles. The lowest BCUT2D eigenvalue weighted by molar-refractivity contribution is -0.146. The monoisotopic (exact) mass is 563 g/mol. The van der Waals surface area contributed by atoms with Crippen molar-refractivity contribution < 1.29 is 13.9 Å². The number of piperazine rings is 1. The van der Waals surface area contributed by atoms with E-state index in [0.717, 1.165) is 22.0 Å². The third kappa shape index (κ3) is 5.70. The highest BCUT2D eigenvalue weighted by atomic mass is 35.5. The number of hydrogen-bond acceptors (Lipinski definition) is 9. The van der Waals surface area contributed by atoms with E-state index in [4.69, 9.17) is 22.1 Å². The van der Waals surface area contributed by atoms with Gasteiger partial charge in [0.1, 0.15) is 11.9 Å². The van der Waals surface area contributed by atoms with Crippen molar-refractivity contribution in [2.75, 3.05) is 50.1 Å². The zero-order valence-corrected chi connectivity index (χ0v) is 23.1. The molecule has 11 heteroatoms. The second-order valence-corrected chi connectivity index (χ2v) is 10.1. The third-order valence-corrected chi connectivity index (χ3v) is 7.55. The minimum Gasteiger partial charge on any atom is -0.468 e. The smallest absolute Gasteiger partial charge is 0.324 e. The van der Waals surface area contributed by atoms with E-state index in [0.29, 0.717) is 48.4 Å². The second kappa shape index (κ2) is 12.1. The number of esters is 1. The summed E-state index contributed by atoms with van der Waals surface area (Å²) in [5.74, 6) is 0.0276. The average Bonchev–Trinajstić information content (AvgIpc) is 2.99. The summed E-state index contributed by atoms with van der Waals surface area (Å²) in [6.07, 6.45) is 5.18. The first-order valence-electron chi connectivity index (χ1n) is 13.1. The predicted octanol–water partition coefficient (Wildman–Crippen LogP) is 4.28. The zero-order valence-electron chi connectivity index (χ0n) is 22.3. The first-order valence-corrected chi connectivity index (χ1v) is 13.5. The van der Waals surface area contributed by atoms with E-state index in [1.165, 1.54) is 13.2 Å². The molecular formula is C29H31ClFN7O2. The molecule has 0 amide bonds. The molecule has 0 aliphatic carbocycles. The zero-order chi connectivity index (χ0) is 28.2. The summed E-state index contributed by atoms with van der Waals surface area (Å²) in [4.78, 5) is 29.8. The van der Waals surface area contributed by atoms with Gasteiger partial charge in [-0.2, -0.15) is 0 Å². The molecule has 1 aliphatic rings. The Morgan fingerprint density at radius 3 is 2.48 bits per heavy atom. The van der Waals surface area contributed by atoms with Crippen LogP contribution in [0.4, 0.5) is 16.0 Å². The third-order valence-electron chi connectivity index (χ3n) is 7.26. The van der Waals surface area contributed by atoms with Gasteiger partial charge in [0.05, 0.1) is 29.4 Å². The van der Waals surface area contributed by atoms with Gasteiger partial charge in [-0.25, -0.2) is 14.4 Å². The van der Waals surface area contributed by atoms with Gasteiger partial charge in [-0.15, -0.1) is 0 Å². The van der Waals surface area contributed by atoms with E-state index in [1.54, 1.807) is 30.7 Å². The Morgan fingerprint density at radius 2 is 1.80 bits per heavy atom. The number of benzene rings is 2. The van der Waals surface area contributed by atoms with Crippen LogP contribution in [0.5, 0.6) is 0 Å². The topological polar surface area (TPSA) is 110 Å². The molecule has 5 rings (SSSR count). The second-order valence-electron chi connectivity index (χ2n) is 9.67. The van der Waals surface area contributed by atoms with E-state index < -0.39 is 6.04 Å². The van der Waals surface area contributed by atoms with Crippen molar-refractivity contribution in [2.24, 2.45) is 5.73 Å². The van der Waals surface area contributed by atoms with Gasteiger partial charge in [-0.05, 0) is 30.7 Å². The Bertz CT molecular complexity index is 1500. The number of methoxy groups -OCH3 is 1. The number of aromatic nitrogens is 3. The van der Waals surface area contributed by atoms with E-state index >= 15 is 0 Å². The Labute approximate surface area is 237 Å². The maximum absolute atomic E-state index is 14.4. The molecule has 3 heterocycles. The van der Waals surface area contributed by atoms with Gasteiger partial charge >= 0.3 is 5.97 Å². The molecule has 9 nitrogen and oxygen atoms in total. The van der Waals surface area contributed by atoms with Crippen LogP contribution in [0.3, 0.4) is 0 Å². The molecular weight excluding hydrogens is 533 g/mol. The number of rotatable bonds is 8. The van der Waals surface area contributed by atoms with Crippen molar-refractivity contribution in [3.8, 4) is 11.1 Å². The highest BCUT2D eigenvalue weighted by Crippen LogP contribution is 2.35. The molecule has 0 saturated carbocycles. The summed E-state index contributed by atoms with van der Waals surface area (Å²) >= 11 is 6.56. The fourth-order valence-corrected chi connectivity index (χ4v) is 5.22. The van der Waals surface area contributed by atoms with Gasteiger partial charge in [0.15, 0.2) is 0 Å². The predicted molar refractivity (Wildman–Crippen MR) is 155 cm³/mol. The van der Waals surface area contributed by atoms with Crippen molar-refractivity contribution in [3.63, 3.8) is 0 Å². The number of nitrogens with zero attached hydrogens (tertiary/aromatic N) is 5. The Balaban J connectivity index is 1.34. The number of halogens is 2. The Morgan fingerprint density at radius 1 is 1.07 bits per heavy atom. The van der Waals surface area contributed by atoms with Crippen LogP contribution in [-0.4, -0.2) is 71.7 Å². The van der Waals surface area contributed by atoms with Gasteiger partial charge in [-0.3, -0.25) is 14.7 Å². The van der Waals surface area contributed by atoms with Crippen molar-refractivity contribution in [1.29, 1.82) is 0 Å². The van der Waals surface area contributed by atoms with Crippen LogP contribution < -0.4 is 16.0 Å². The molecule has 0 spiro atoms. The molecule has 2 atom stereocenters. The average molecular weight is 564 g/mol. The SMILES string of the molecule is COC(=O)[C@H](CN)N1CCN(c2ncc(-c3ccc4ncc(Cl)c(N[C@H](C)c5ccccc5F)c4c3)cn2)CC1. The number of pyridine rings is 1. The van der Waals surface area contributed by atoms with E-state index in [9.17, 15) is 9.18 Å². The highest BCUT2D eigenvalue weighted by Gasteiger charge is 2.29. The van der Waals surface area contributed by atoms with Gasteiger partial charge in [0, 0.05) is 67.8 Å². The Hall–Kier alpha value is -3.86. The minimum absolute atomic E-state index is 0.212. The number of hydrogen-bond donors (Lipinski definition) is 2. The summed E-state index contributed by atoms with van der Waals surface area (Å²) in [7, 11) is 1.38. The molecule has 40 heavy (non-hydrogen) atoms. The summed E-state index contributed by atoms with van der Waals surface area (Å²) in [6, 6.07) is 11.8. The minimum atomic E-state index is -0.444. The number of carbonyl (C=O) groups is 1. The fraction of sp³-hybridized carbons (Fsp3) is 0.310. The molecule has 2 aromatic heterocycles. The summed E-state index contributed by atoms with van der Waals surface area (Å²) < 4.78 is 19.3.